The average molecular weight is 953 g/mol. The molecule has 0 N–H and O–H groups in total. The molecule has 0 bridgehead atoms. The van der Waals surface area contributed by atoms with Gasteiger partial charge in [0.05, 0.1) is 0 Å². The molecule has 0 aromatic heterocycles. The van der Waals surface area contributed by atoms with Gasteiger partial charge in [-0.3, -0.25) is 0 Å². The number of fused-ring (bicyclic) bond motifs is 5. The minimum absolute atomic E-state index is 0. The van der Waals surface area contributed by atoms with Gasteiger partial charge in [0.1, 0.15) is 0 Å². The Hall–Kier alpha value is -3.25. The predicted molar refractivity (Wildman–Crippen MR) is 227 cm³/mol. The number of benzene rings is 4. The van der Waals surface area contributed by atoms with Crippen LogP contribution in [-0.2, 0) is 44.4 Å². The summed E-state index contributed by atoms with van der Waals surface area (Å²) >= 11 is -3.67. The molecule has 4 aromatic carbocycles. The number of hydrogen-bond acceptors (Lipinski definition) is 0. The van der Waals surface area contributed by atoms with Crippen molar-refractivity contribution in [3.63, 3.8) is 0 Å². The molecule has 4 aromatic rings. The molecule has 0 spiro atoms. The summed E-state index contributed by atoms with van der Waals surface area (Å²) < 4.78 is 86.8. The van der Waals surface area contributed by atoms with Crippen LogP contribution >= 0.6 is 0 Å². The minimum atomic E-state index is -4.54. The van der Waals surface area contributed by atoms with E-state index in [9.17, 15) is 26.3 Å². The van der Waals surface area contributed by atoms with Gasteiger partial charge in [-0.2, -0.15) is 0 Å². The van der Waals surface area contributed by atoms with Crippen LogP contribution < -0.4 is 24.8 Å². The Balaban J connectivity index is 0.00000311. The van der Waals surface area contributed by atoms with Gasteiger partial charge in [-0.25, -0.2) is 0 Å². The Morgan fingerprint density at radius 3 is 1.34 bits per heavy atom. The van der Waals surface area contributed by atoms with E-state index in [-0.39, 0.29) is 50.6 Å². The molecule has 4 aliphatic carbocycles. The number of halogens is 8. The minimum Gasteiger partial charge on any atom is -1.00 e. The molecule has 1 atom stereocenters. The molecule has 61 heavy (non-hydrogen) atoms. The average Bonchev–Trinajstić information content (AvgIpc) is 3.70. The Bertz CT molecular complexity index is 2420. The van der Waals surface area contributed by atoms with Gasteiger partial charge < -0.3 is 24.8 Å². The van der Waals surface area contributed by atoms with Crippen molar-refractivity contribution in [1.29, 1.82) is 0 Å². The molecule has 8 rings (SSSR count). The molecule has 0 saturated heterocycles. The zero-order chi connectivity index (χ0) is 42.8. The molecule has 0 saturated carbocycles. The molecular weight excluding hydrogens is 901 g/mol. The first-order valence-corrected chi connectivity index (χ1v) is 24.5. The number of rotatable bonds is 4. The van der Waals surface area contributed by atoms with E-state index in [0.717, 1.165) is 40.3 Å². The van der Waals surface area contributed by atoms with Crippen LogP contribution in [0.4, 0.5) is 26.3 Å². The second-order valence-electron chi connectivity index (χ2n) is 19.6. The summed E-state index contributed by atoms with van der Waals surface area (Å²) in [6.45, 7) is 22.3. The molecule has 320 valence electrons. The molecule has 9 heteroatoms. The number of alkyl halides is 6. The van der Waals surface area contributed by atoms with Crippen molar-refractivity contribution in [2.24, 2.45) is 11.3 Å². The van der Waals surface area contributed by atoms with Gasteiger partial charge in [-0.15, -0.1) is 0 Å². The van der Waals surface area contributed by atoms with E-state index >= 15 is 0 Å². The Labute approximate surface area is 377 Å². The normalized spacial score (nSPS) is 18.7. The van der Waals surface area contributed by atoms with Crippen molar-refractivity contribution in [2.45, 2.75) is 109 Å². The zero-order valence-corrected chi connectivity index (χ0v) is 40.3. The first kappa shape index (κ1) is 47.2. The summed E-state index contributed by atoms with van der Waals surface area (Å²) in [6.07, 6.45) is 2.07. The van der Waals surface area contributed by atoms with E-state index in [4.69, 9.17) is 0 Å². The van der Waals surface area contributed by atoms with Crippen LogP contribution in [0.5, 0.6) is 0 Å². The zero-order valence-electron chi connectivity index (χ0n) is 36.3. The summed E-state index contributed by atoms with van der Waals surface area (Å²) in [5.41, 5.74) is 12.9. The standard InChI is InChI=1S/C27H29.C15H8F6.C10H15.2ClH.Zr/c1-16-7-9-26(3,4)24-12-18-11-19-13-25-21(17(2)8-10-27(25,5)6)15-23(19)22(18)14-20(16)24;16-14(17,18)12-5-1-10(2-6-12)9-11-3-7-13(8-4-11)15(19,20)21;1-8-5-6-9(7-8)10(2,3)4;;;/h7-8,11-15H,9-10H2,1-6H3;1-8H;6-8H,1-4H3;2*1H;/q;;;;;+2/p-2. The number of hydrogen-bond donors (Lipinski definition) is 0. The van der Waals surface area contributed by atoms with E-state index in [1.54, 1.807) is 24.3 Å². The third-order valence-electron chi connectivity index (χ3n) is 13.4. The SMILES string of the molecule is CC1=CCC(C)(C)c2cc3c(cc21)-c1cc2c(cc1[CH]3[Zr+2]([C]1=CC(C(C)(C)C)=CC1C)=[C](c1ccc(C(F)(F)F)cc1)c1ccc(C(F)(F)F)cc1)C(C)(C)CC=C2C.[Cl-].[Cl-]. The maximum absolute atomic E-state index is 14.1. The first-order chi connectivity index (χ1) is 27.4. The van der Waals surface area contributed by atoms with E-state index in [1.807, 2.05) is 0 Å². The quantitative estimate of drug-likeness (QED) is 0.179. The van der Waals surface area contributed by atoms with Gasteiger partial charge in [-0.05, 0) is 0 Å². The molecular formula is C52H52Cl2F6Zr. The van der Waals surface area contributed by atoms with Gasteiger partial charge in [0.2, 0.25) is 0 Å². The third-order valence-corrected chi connectivity index (χ3v) is 22.1. The number of allylic oxidation sites excluding steroid dienone is 8. The van der Waals surface area contributed by atoms with Crippen molar-refractivity contribution >= 4 is 14.4 Å². The van der Waals surface area contributed by atoms with Gasteiger partial charge in [0.15, 0.2) is 0 Å². The van der Waals surface area contributed by atoms with Crippen LogP contribution in [0.1, 0.15) is 141 Å². The summed E-state index contributed by atoms with van der Waals surface area (Å²) in [6, 6.07) is 20.4. The third kappa shape index (κ3) is 8.35. The van der Waals surface area contributed by atoms with Crippen LogP contribution in [0.25, 0.3) is 22.3 Å². The smallest absolute Gasteiger partial charge is 1.00 e. The topological polar surface area (TPSA) is 0 Å². The molecule has 1 unspecified atom stereocenters. The van der Waals surface area contributed by atoms with Crippen molar-refractivity contribution in [3.05, 3.63) is 162 Å². The van der Waals surface area contributed by atoms with E-state index in [0.29, 0.717) is 11.1 Å². The van der Waals surface area contributed by atoms with Gasteiger partial charge >= 0.3 is 355 Å². The molecule has 0 radical (unpaired) electrons. The second-order valence-corrected chi connectivity index (χ2v) is 25.7. The molecule has 0 aliphatic heterocycles. The molecule has 4 aliphatic rings. The molecule has 0 nitrogen and oxygen atoms in total. The van der Waals surface area contributed by atoms with E-state index in [2.05, 4.69) is 118 Å². The largest absolute Gasteiger partial charge is 1.00 e. The Kier molecular flexibility index (Phi) is 12.4. The molecule has 0 fully saturated rings. The van der Waals surface area contributed by atoms with Gasteiger partial charge in [0, 0.05) is 0 Å². The maximum Gasteiger partial charge on any atom is -1.00 e. The maximum atomic E-state index is 14.1. The van der Waals surface area contributed by atoms with Gasteiger partial charge in [-0.1, -0.05) is 0 Å². The van der Waals surface area contributed by atoms with Crippen molar-refractivity contribution < 1.29 is 72.4 Å². The summed E-state index contributed by atoms with van der Waals surface area (Å²) in [4.78, 5) is 0. The van der Waals surface area contributed by atoms with Crippen molar-refractivity contribution in [3.8, 4) is 11.1 Å². The van der Waals surface area contributed by atoms with Crippen molar-refractivity contribution in [1.82, 2.24) is 0 Å². The van der Waals surface area contributed by atoms with Crippen LogP contribution in [0.2, 0.25) is 0 Å². The molecule has 0 amide bonds. The monoisotopic (exact) mass is 950 g/mol. The van der Waals surface area contributed by atoms with Gasteiger partial charge in [0.25, 0.3) is 0 Å². The van der Waals surface area contributed by atoms with E-state index in [1.165, 1.54) is 64.5 Å². The fourth-order valence-electron chi connectivity index (χ4n) is 9.76. The first-order valence-electron chi connectivity index (χ1n) is 20.6. The summed E-state index contributed by atoms with van der Waals surface area (Å²) in [5.74, 6) is 0.0310. The van der Waals surface area contributed by atoms with Crippen LogP contribution in [0, 0.1) is 11.3 Å². The Morgan fingerprint density at radius 2 is 1.00 bits per heavy atom. The van der Waals surface area contributed by atoms with Crippen LogP contribution in [0.15, 0.2) is 106 Å². The predicted octanol–water partition coefficient (Wildman–Crippen LogP) is 9.36. The molecule has 0 heterocycles. The van der Waals surface area contributed by atoms with Crippen LogP contribution in [0.3, 0.4) is 0 Å². The Morgan fingerprint density at radius 1 is 0.607 bits per heavy atom. The summed E-state index contributed by atoms with van der Waals surface area (Å²) in [5, 5.41) is 0. The van der Waals surface area contributed by atoms with E-state index < -0.39 is 44.7 Å². The van der Waals surface area contributed by atoms with Crippen LogP contribution in [-0.4, -0.2) is 3.21 Å². The summed E-state index contributed by atoms with van der Waals surface area (Å²) in [7, 11) is 0. The van der Waals surface area contributed by atoms with Crippen molar-refractivity contribution in [2.75, 3.05) is 0 Å². The fourth-order valence-corrected chi connectivity index (χ4v) is 19.2. The fraction of sp³-hybridized carbons (Fsp3) is 0.365. The second kappa shape index (κ2) is 16.1.